The average molecular weight is 566 g/mol. The highest BCUT2D eigenvalue weighted by Crippen LogP contribution is 2.15. The zero-order valence-corrected chi connectivity index (χ0v) is 24.1. The van der Waals surface area contributed by atoms with Crippen LogP contribution in [0, 0.1) is 6.92 Å². The molecule has 0 saturated carbocycles. The topological polar surface area (TPSA) is 122 Å². The van der Waals surface area contributed by atoms with Gasteiger partial charge in [-0.15, -0.1) is 0 Å². The minimum atomic E-state index is -0.279. The number of benzene rings is 1. The van der Waals surface area contributed by atoms with Gasteiger partial charge in [0.05, 0.1) is 24.3 Å². The summed E-state index contributed by atoms with van der Waals surface area (Å²) < 4.78 is 6.47. The summed E-state index contributed by atoms with van der Waals surface area (Å²) >= 11 is 1.44. The van der Waals surface area contributed by atoms with E-state index in [0.717, 1.165) is 55.0 Å². The third-order valence-electron chi connectivity index (χ3n) is 6.92. The molecule has 3 aromatic rings. The van der Waals surface area contributed by atoms with E-state index in [9.17, 15) is 14.4 Å². The van der Waals surface area contributed by atoms with Crippen LogP contribution in [-0.2, 0) is 41.4 Å². The number of aromatic nitrogens is 3. The van der Waals surface area contributed by atoms with Gasteiger partial charge in [-0.3, -0.25) is 14.4 Å². The van der Waals surface area contributed by atoms with Crippen molar-refractivity contribution in [1.82, 2.24) is 30.1 Å². The second-order valence-electron chi connectivity index (χ2n) is 10.0. The number of anilines is 1. The van der Waals surface area contributed by atoms with Crippen LogP contribution in [-0.4, -0.2) is 45.1 Å². The van der Waals surface area contributed by atoms with Crippen molar-refractivity contribution >= 4 is 29.4 Å². The number of pyridine rings is 1. The predicted octanol–water partition coefficient (Wildman–Crippen LogP) is 2.75. The first-order valence-corrected chi connectivity index (χ1v) is 14.8. The van der Waals surface area contributed by atoms with E-state index in [1.54, 1.807) is 21.5 Å². The van der Waals surface area contributed by atoms with Crippen LogP contribution in [0.2, 0.25) is 0 Å². The number of piperidine rings is 1. The van der Waals surface area contributed by atoms with Crippen molar-refractivity contribution in [1.29, 1.82) is 0 Å². The Labute approximate surface area is 239 Å². The minimum Gasteiger partial charge on any atom is -0.351 e. The molecule has 1 unspecified atom stereocenters. The lowest BCUT2D eigenvalue weighted by atomic mass is 10.1. The summed E-state index contributed by atoms with van der Waals surface area (Å²) in [4.78, 5) is 43.3. The third-order valence-corrected chi connectivity index (χ3v) is 7.76. The van der Waals surface area contributed by atoms with Crippen LogP contribution in [0.5, 0.6) is 0 Å². The Kier molecular flexibility index (Phi) is 10.8. The van der Waals surface area contributed by atoms with Gasteiger partial charge in [0.2, 0.25) is 11.8 Å². The first-order chi connectivity index (χ1) is 19.4. The van der Waals surface area contributed by atoms with Crippen LogP contribution in [0.4, 0.5) is 5.69 Å². The fraction of sp³-hybridized carbons (Fsp3) is 0.448. The Morgan fingerprint density at radius 1 is 1.12 bits per heavy atom. The highest BCUT2D eigenvalue weighted by Gasteiger charge is 2.18. The highest BCUT2D eigenvalue weighted by atomic mass is 32.2. The molecule has 1 fully saturated rings. The number of rotatable bonds is 13. The Bertz CT molecular complexity index is 1330. The summed E-state index contributed by atoms with van der Waals surface area (Å²) in [6.07, 6.45) is 5.18. The smallest absolute Gasteiger partial charge is 0.275 e. The number of hydrogen-bond donors (Lipinski definition) is 4. The molecule has 0 aliphatic carbocycles. The van der Waals surface area contributed by atoms with Crippen molar-refractivity contribution in [3.63, 3.8) is 0 Å². The van der Waals surface area contributed by atoms with Crippen LogP contribution in [0.15, 0.2) is 53.6 Å². The first-order valence-electron chi connectivity index (χ1n) is 13.9. The van der Waals surface area contributed by atoms with Crippen molar-refractivity contribution in [3.8, 4) is 0 Å². The summed E-state index contributed by atoms with van der Waals surface area (Å²) in [7, 11) is 0. The van der Waals surface area contributed by atoms with Crippen LogP contribution in [0.25, 0.3) is 0 Å². The summed E-state index contributed by atoms with van der Waals surface area (Å²) in [6, 6.07) is 13.8. The molecule has 214 valence electrons. The van der Waals surface area contributed by atoms with Gasteiger partial charge < -0.3 is 29.8 Å². The summed E-state index contributed by atoms with van der Waals surface area (Å²) in [5.41, 5.74) is 3.70. The molecule has 1 saturated heterocycles. The molecule has 0 bridgehead atoms. The summed E-state index contributed by atoms with van der Waals surface area (Å²) in [5.74, 6) is 0.349. The van der Waals surface area contributed by atoms with Gasteiger partial charge in [0.1, 0.15) is 18.8 Å². The van der Waals surface area contributed by atoms with Gasteiger partial charge >= 0.3 is 0 Å². The van der Waals surface area contributed by atoms with Gasteiger partial charge in [-0.2, -0.15) is 0 Å². The molecule has 11 heteroatoms. The zero-order valence-electron chi connectivity index (χ0n) is 23.2. The Morgan fingerprint density at radius 3 is 2.70 bits per heavy atom. The number of carbonyl (C=O) groups excluding carboxylic acids is 2. The number of aryl methyl sites for hydroxylation is 2. The fourth-order valence-electron chi connectivity index (χ4n) is 4.77. The van der Waals surface area contributed by atoms with Gasteiger partial charge in [-0.05, 0) is 62.4 Å². The second kappa shape index (κ2) is 14.7. The quantitative estimate of drug-likeness (QED) is 0.235. The largest absolute Gasteiger partial charge is 0.351 e. The number of hydrogen-bond acceptors (Lipinski definition) is 7. The molecule has 3 heterocycles. The maximum Gasteiger partial charge on any atom is 0.275 e. The third kappa shape index (κ3) is 8.22. The number of nitrogens with one attached hydrogen (secondary N) is 4. The van der Waals surface area contributed by atoms with Gasteiger partial charge in [-0.1, -0.05) is 43.7 Å². The monoisotopic (exact) mass is 565 g/mol. The lowest BCUT2D eigenvalue weighted by molar-refractivity contribution is -0.122. The van der Waals surface area contributed by atoms with E-state index in [-0.39, 0.29) is 43.0 Å². The average Bonchev–Trinajstić information content (AvgIpc) is 3.30. The molecule has 40 heavy (non-hydrogen) atoms. The molecule has 0 spiro atoms. The number of imidazole rings is 1. The van der Waals surface area contributed by atoms with Crippen LogP contribution < -0.4 is 26.2 Å². The van der Waals surface area contributed by atoms with Crippen molar-refractivity contribution in [2.45, 2.75) is 71.0 Å². The van der Waals surface area contributed by atoms with Gasteiger partial charge in [-0.25, -0.2) is 4.98 Å². The summed E-state index contributed by atoms with van der Waals surface area (Å²) in [5, 5.41) is 9.29. The van der Waals surface area contributed by atoms with Crippen LogP contribution in [0.1, 0.15) is 48.8 Å². The summed E-state index contributed by atoms with van der Waals surface area (Å²) in [6.45, 7) is 5.92. The molecule has 2 aromatic heterocycles. The van der Waals surface area contributed by atoms with Gasteiger partial charge in [0.15, 0.2) is 0 Å². The molecule has 0 radical (unpaired) electrons. The molecule has 1 aromatic carbocycles. The van der Waals surface area contributed by atoms with Gasteiger partial charge in [0.25, 0.3) is 5.56 Å². The van der Waals surface area contributed by atoms with E-state index in [1.165, 1.54) is 11.9 Å². The molecule has 10 nitrogen and oxygen atoms in total. The normalized spacial score (nSPS) is 15.0. The van der Waals surface area contributed by atoms with Crippen molar-refractivity contribution in [3.05, 3.63) is 81.8 Å². The Morgan fingerprint density at radius 2 is 1.95 bits per heavy atom. The number of amides is 2. The molecule has 1 aliphatic rings. The number of carbonyl (C=O) groups is 2. The molecular weight excluding hydrogens is 526 g/mol. The molecule has 1 atom stereocenters. The number of nitrogens with zero attached hydrogens (tertiary/aromatic N) is 3. The van der Waals surface area contributed by atoms with Crippen molar-refractivity contribution in [2.75, 3.05) is 17.8 Å². The van der Waals surface area contributed by atoms with E-state index in [4.69, 9.17) is 0 Å². The standard InChI is InChI=1S/C29H39N7O3S/c1-3-8-24-12-13-25(34-40-19-22-9-5-4-6-10-22)29(39)36(24)18-27(37)31-16-26-21(2)32-20-35(26)17-28(38)33-23-11-7-14-30-15-23/h4-6,9-10,12-13,20,23,30,34H,3,7-8,11,14-19H2,1-2H3,(H,31,37)(H,33,38). The van der Waals surface area contributed by atoms with Crippen molar-refractivity contribution < 1.29 is 9.59 Å². The maximum atomic E-state index is 13.3. The van der Waals surface area contributed by atoms with Crippen LogP contribution >= 0.6 is 11.9 Å². The van der Waals surface area contributed by atoms with Crippen LogP contribution in [0.3, 0.4) is 0 Å². The fourth-order valence-corrected chi connectivity index (χ4v) is 5.51. The van der Waals surface area contributed by atoms with E-state index in [2.05, 4.69) is 25.7 Å². The second-order valence-corrected chi connectivity index (χ2v) is 10.8. The molecule has 4 N–H and O–H groups in total. The van der Waals surface area contributed by atoms with E-state index in [0.29, 0.717) is 17.9 Å². The SMILES string of the molecule is CCCc1ccc(NSCc2ccccc2)c(=O)n1CC(=O)NCc1c(C)ncn1CC(=O)NC1CCCNC1. The maximum absolute atomic E-state index is 13.3. The van der Waals surface area contributed by atoms with E-state index >= 15 is 0 Å². The highest BCUT2D eigenvalue weighted by molar-refractivity contribution is 7.99. The minimum absolute atomic E-state index is 0.0797. The Hall–Kier alpha value is -3.57. The molecule has 2 amide bonds. The van der Waals surface area contributed by atoms with E-state index < -0.39 is 0 Å². The van der Waals surface area contributed by atoms with Crippen molar-refractivity contribution in [2.24, 2.45) is 0 Å². The molecule has 4 rings (SSSR count). The van der Waals surface area contributed by atoms with E-state index in [1.807, 2.05) is 50.2 Å². The molecular formula is C29H39N7O3S. The predicted molar refractivity (Wildman–Crippen MR) is 159 cm³/mol. The lowest BCUT2D eigenvalue weighted by Gasteiger charge is -2.24. The van der Waals surface area contributed by atoms with Gasteiger partial charge in [0, 0.05) is 24.0 Å². The first kappa shape index (κ1) is 29.4. The zero-order chi connectivity index (χ0) is 28.3. The Balaban J connectivity index is 1.36. The lowest BCUT2D eigenvalue weighted by Crippen LogP contribution is -2.46. The molecule has 1 aliphatic heterocycles.